The molecular weight excluding hydrogens is 638 g/mol. The van der Waals surface area contributed by atoms with Crippen LogP contribution >= 0.6 is 11.3 Å². The van der Waals surface area contributed by atoms with Gasteiger partial charge in [0.15, 0.2) is 22.3 Å². The molecule has 2 aliphatic heterocycles. The number of rotatable bonds is 9. The van der Waals surface area contributed by atoms with Crippen molar-refractivity contribution in [1.82, 2.24) is 24.3 Å². The number of anilines is 1. The van der Waals surface area contributed by atoms with Crippen molar-refractivity contribution in [2.24, 2.45) is 5.16 Å². The SMILES string of the molecule is Cc1c2cc(O)c(O)cn2c(=O)n1C1CC(C(=O)O)(N2OC[C@H](NC(=O)/C(=N\OC(C)(C)C(=O)O)c3csc(N)n3)C2=O)OC1=O. The lowest BCUT2D eigenvalue weighted by Gasteiger charge is -2.30. The van der Waals surface area contributed by atoms with Gasteiger partial charge in [-0.2, -0.15) is 5.06 Å². The van der Waals surface area contributed by atoms with Crippen molar-refractivity contribution in [3.63, 3.8) is 0 Å². The van der Waals surface area contributed by atoms with Crippen molar-refractivity contribution < 1.29 is 58.8 Å². The van der Waals surface area contributed by atoms with Gasteiger partial charge in [0.05, 0.1) is 18.1 Å². The van der Waals surface area contributed by atoms with Gasteiger partial charge < -0.3 is 41.1 Å². The van der Waals surface area contributed by atoms with Crippen molar-refractivity contribution >= 4 is 57.4 Å². The van der Waals surface area contributed by atoms with E-state index >= 15 is 0 Å². The summed E-state index contributed by atoms with van der Waals surface area (Å²) in [6.45, 7) is 3.10. The molecule has 244 valence electrons. The maximum Gasteiger partial charge on any atom is 0.372 e. The number of hydrogen-bond donors (Lipinski definition) is 6. The summed E-state index contributed by atoms with van der Waals surface area (Å²) >= 11 is 0.926. The summed E-state index contributed by atoms with van der Waals surface area (Å²) in [4.78, 5) is 91.2. The molecule has 5 heterocycles. The number of nitrogens with zero attached hydrogens (tertiary/aromatic N) is 5. The lowest BCUT2D eigenvalue weighted by molar-refractivity contribution is -0.256. The number of thiazole rings is 1. The Kier molecular flexibility index (Phi) is 7.60. The number of oxime groups is 1. The molecular formula is C25H25N7O13S. The van der Waals surface area contributed by atoms with Gasteiger partial charge in [-0.05, 0) is 20.8 Å². The number of amides is 2. The zero-order valence-corrected chi connectivity index (χ0v) is 24.8. The predicted octanol–water partition coefficient (Wildman–Crippen LogP) is -1.33. The Morgan fingerprint density at radius 3 is 2.52 bits per heavy atom. The number of fused-ring (bicyclic) bond motifs is 1. The Labute approximate surface area is 259 Å². The first-order valence-electron chi connectivity index (χ1n) is 13.1. The number of aliphatic carboxylic acids is 2. The van der Waals surface area contributed by atoms with E-state index in [0.717, 1.165) is 46.4 Å². The van der Waals surface area contributed by atoms with Crippen molar-refractivity contribution in [3.8, 4) is 11.5 Å². The van der Waals surface area contributed by atoms with E-state index in [1.54, 1.807) is 0 Å². The molecule has 0 aliphatic carbocycles. The predicted molar refractivity (Wildman–Crippen MR) is 150 cm³/mol. The zero-order valence-electron chi connectivity index (χ0n) is 24.0. The minimum atomic E-state index is -2.78. The van der Waals surface area contributed by atoms with Crippen LogP contribution in [-0.2, 0) is 38.4 Å². The molecule has 21 heteroatoms. The second-order valence-corrected chi connectivity index (χ2v) is 11.5. The van der Waals surface area contributed by atoms with Crippen LogP contribution in [0.4, 0.5) is 5.13 Å². The largest absolute Gasteiger partial charge is 0.504 e. The van der Waals surface area contributed by atoms with Crippen LogP contribution in [0.15, 0.2) is 27.6 Å². The summed E-state index contributed by atoms with van der Waals surface area (Å²) < 4.78 is 7.02. The third-order valence-electron chi connectivity index (χ3n) is 7.21. The van der Waals surface area contributed by atoms with Crippen molar-refractivity contribution in [3.05, 3.63) is 39.5 Å². The molecule has 46 heavy (non-hydrogen) atoms. The maximum atomic E-state index is 13.4. The number of carbonyl (C=O) groups is 5. The van der Waals surface area contributed by atoms with Crippen LogP contribution in [-0.4, -0.2) is 98.8 Å². The van der Waals surface area contributed by atoms with E-state index < -0.39 is 89.1 Å². The Bertz CT molecular complexity index is 1910. The number of esters is 1. The summed E-state index contributed by atoms with van der Waals surface area (Å²) in [6, 6.07) is -2.09. The summed E-state index contributed by atoms with van der Waals surface area (Å²) in [6.07, 6.45) is 0.0961. The molecule has 2 fully saturated rings. The van der Waals surface area contributed by atoms with Gasteiger partial charge in [-0.15, -0.1) is 11.3 Å². The van der Waals surface area contributed by atoms with Gasteiger partial charge >= 0.3 is 29.3 Å². The molecule has 2 amide bonds. The molecule has 0 spiro atoms. The molecule has 3 aromatic heterocycles. The van der Waals surface area contributed by atoms with Crippen LogP contribution in [0.5, 0.6) is 11.5 Å². The molecule has 0 aromatic carbocycles. The fourth-order valence-corrected chi connectivity index (χ4v) is 5.26. The smallest absolute Gasteiger partial charge is 0.372 e. The van der Waals surface area contributed by atoms with Gasteiger partial charge in [0.25, 0.3) is 11.8 Å². The summed E-state index contributed by atoms with van der Waals surface area (Å²) in [7, 11) is 0. The number of imidazole rings is 1. The maximum absolute atomic E-state index is 13.4. The number of hydrogen-bond acceptors (Lipinski definition) is 15. The molecule has 2 aliphatic rings. The quantitative estimate of drug-likeness (QED) is 0.0878. The van der Waals surface area contributed by atoms with Crippen LogP contribution in [0.1, 0.15) is 37.7 Å². The van der Waals surface area contributed by atoms with Gasteiger partial charge in [0, 0.05) is 17.1 Å². The van der Waals surface area contributed by atoms with Gasteiger partial charge in [-0.1, -0.05) is 5.16 Å². The van der Waals surface area contributed by atoms with Gasteiger partial charge in [0.1, 0.15) is 24.4 Å². The number of aromatic hydroxyl groups is 2. The van der Waals surface area contributed by atoms with E-state index in [2.05, 4.69) is 15.5 Å². The summed E-state index contributed by atoms with van der Waals surface area (Å²) in [5.41, 5.74) is -0.392. The molecule has 2 unspecified atom stereocenters. The number of aryl methyl sites for hydroxylation is 1. The Hall–Kier alpha value is -5.70. The highest BCUT2D eigenvalue weighted by atomic mass is 32.1. The number of ether oxygens (including phenoxy) is 1. The first-order chi connectivity index (χ1) is 21.5. The van der Waals surface area contributed by atoms with E-state index in [1.807, 2.05) is 0 Å². The summed E-state index contributed by atoms with van der Waals surface area (Å²) in [5.74, 6) is -7.90. The number of carboxylic acids is 2. The second-order valence-electron chi connectivity index (χ2n) is 10.6. The van der Waals surface area contributed by atoms with E-state index in [0.29, 0.717) is 0 Å². The zero-order chi connectivity index (χ0) is 33.9. The highest BCUT2D eigenvalue weighted by molar-refractivity contribution is 7.13. The number of aromatic nitrogens is 3. The molecule has 0 saturated carbocycles. The minimum Gasteiger partial charge on any atom is -0.504 e. The Balaban J connectivity index is 1.42. The third-order valence-corrected chi connectivity index (χ3v) is 7.88. The third kappa shape index (κ3) is 5.09. The fraction of sp³-hybridized carbons (Fsp3) is 0.360. The number of carboxylic acid groups (broad SMARTS) is 2. The molecule has 20 nitrogen and oxygen atoms in total. The Morgan fingerprint density at radius 2 is 1.91 bits per heavy atom. The number of pyridine rings is 1. The fourth-order valence-electron chi connectivity index (χ4n) is 4.72. The number of nitrogen functional groups attached to an aromatic ring is 1. The molecule has 7 N–H and O–H groups in total. The van der Waals surface area contributed by atoms with Crippen LogP contribution in [0.3, 0.4) is 0 Å². The topological polar surface area (TPSA) is 287 Å². The molecule has 5 rings (SSSR count). The minimum absolute atomic E-state index is 0.0273. The molecule has 0 radical (unpaired) electrons. The first kappa shape index (κ1) is 31.7. The Morgan fingerprint density at radius 1 is 1.22 bits per heavy atom. The number of nitrogens with one attached hydrogen (secondary N) is 1. The highest BCUT2D eigenvalue weighted by Crippen LogP contribution is 2.40. The lowest BCUT2D eigenvalue weighted by Crippen LogP contribution is -2.57. The second kappa shape index (κ2) is 11.0. The van der Waals surface area contributed by atoms with E-state index in [9.17, 15) is 49.2 Å². The normalized spacial score (nSPS) is 21.9. The number of nitrogens with two attached hydrogens (primary N) is 1. The monoisotopic (exact) mass is 663 g/mol. The standard InChI is InChI=1S/C25H25N7O13S/c1-9-12-4-14(33)15(34)6-30(12)23(42)31(9)13-5-25(21(40)41,44-19(13)37)32-18(36)10(7-43-32)27-17(35)16(11-8-46-22(26)28-11)29-45-24(2,3)20(38)39/h4,6,8,10,13,33-34H,5,7H2,1-3H3,(H2,26,28)(H,27,35)(H,38,39)(H,40,41)/b29-16-/t10-,13?,25?/m0/s1. The average Bonchev–Trinajstić information content (AvgIpc) is 3.71. The highest BCUT2D eigenvalue weighted by Gasteiger charge is 2.63. The van der Waals surface area contributed by atoms with E-state index in [4.69, 9.17) is 20.1 Å². The van der Waals surface area contributed by atoms with Crippen LogP contribution in [0, 0.1) is 6.92 Å². The van der Waals surface area contributed by atoms with Crippen molar-refractivity contribution in [1.29, 1.82) is 0 Å². The van der Waals surface area contributed by atoms with Crippen LogP contribution in [0.2, 0.25) is 0 Å². The van der Waals surface area contributed by atoms with Crippen LogP contribution < -0.4 is 16.7 Å². The molecule has 0 bridgehead atoms. The first-order valence-corrected chi connectivity index (χ1v) is 14.0. The molecule has 2 saturated heterocycles. The van der Waals surface area contributed by atoms with E-state index in [-0.39, 0.29) is 27.1 Å². The lowest BCUT2D eigenvalue weighted by atomic mass is 10.1. The van der Waals surface area contributed by atoms with Crippen molar-refractivity contribution in [2.75, 3.05) is 12.3 Å². The number of cyclic esters (lactones) is 1. The van der Waals surface area contributed by atoms with E-state index in [1.165, 1.54) is 12.3 Å². The number of hydroxylamine groups is 2. The summed E-state index contributed by atoms with van der Waals surface area (Å²) in [5, 5.41) is 46.7. The molecule has 3 aromatic rings. The van der Waals surface area contributed by atoms with Gasteiger partial charge in [0.2, 0.25) is 5.60 Å². The van der Waals surface area contributed by atoms with Crippen molar-refractivity contribution in [2.45, 2.75) is 50.6 Å². The van der Waals surface area contributed by atoms with Crippen LogP contribution in [0.25, 0.3) is 5.52 Å². The van der Waals surface area contributed by atoms with Gasteiger partial charge in [-0.3, -0.25) is 23.4 Å². The number of carbonyl (C=O) groups excluding carboxylic acids is 3. The average molecular weight is 664 g/mol. The van der Waals surface area contributed by atoms with Gasteiger partial charge in [-0.25, -0.2) is 24.2 Å². The molecule has 3 atom stereocenters.